The smallest absolute Gasteiger partial charge is 0.187 e. The van der Waals surface area contributed by atoms with Crippen molar-refractivity contribution >= 4 is 17.4 Å². The maximum atomic E-state index is 9.20. The summed E-state index contributed by atoms with van der Waals surface area (Å²) >= 11 is 0. The molecule has 2 heteroatoms. The van der Waals surface area contributed by atoms with Crippen LogP contribution in [0.4, 0.5) is 0 Å². The second kappa shape index (κ2) is 5.29. The molecular formula is C7H19AlO. The lowest BCUT2D eigenvalue weighted by Gasteiger charge is -2.17. The normalized spacial score (nSPS) is 10.7. The Balaban J connectivity index is 0. The predicted molar refractivity (Wildman–Crippen MR) is 45.6 cm³/mol. The zero-order chi connectivity index (χ0) is 6.73. The van der Waals surface area contributed by atoms with Gasteiger partial charge >= 0.3 is 0 Å². The molecule has 0 aliphatic heterocycles. The fourth-order valence-electron chi connectivity index (χ4n) is 0.770. The summed E-state index contributed by atoms with van der Waals surface area (Å²) in [5, 5.41) is 9.20. The first kappa shape index (κ1) is 12.2. The SMILES string of the molecule is CC(C)C(O)C(C)C.[AlH3]. The van der Waals surface area contributed by atoms with Crippen molar-refractivity contribution in [2.75, 3.05) is 0 Å². The molecule has 0 radical (unpaired) electrons. The second-order valence-electron chi connectivity index (χ2n) is 2.98. The molecule has 0 amide bonds. The minimum Gasteiger partial charge on any atom is -0.393 e. The fraction of sp³-hybridized carbons (Fsp3) is 1.00. The predicted octanol–water partition coefficient (Wildman–Crippen LogP) is 0.475. The lowest BCUT2D eigenvalue weighted by molar-refractivity contribution is 0.0801. The highest BCUT2D eigenvalue weighted by Gasteiger charge is 2.11. The first-order valence-corrected chi connectivity index (χ1v) is 3.23. The second-order valence-corrected chi connectivity index (χ2v) is 2.98. The zero-order valence-corrected chi connectivity index (χ0v) is 6.18. The van der Waals surface area contributed by atoms with Crippen LogP contribution in [0.25, 0.3) is 0 Å². The first-order chi connectivity index (χ1) is 3.55. The molecule has 56 valence electrons. The summed E-state index contributed by atoms with van der Waals surface area (Å²) in [5.41, 5.74) is 0. The van der Waals surface area contributed by atoms with E-state index < -0.39 is 0 Å². The Kier molecular flexibility index (Phi) is 7.17. The summed E-state index contributed by atoms with van der Waals surface area (Å²) in [7, 11) is 0. The molecule has 0 rings (SSSR count). The lowest BCUT2D eigenvalue weighted by Crippen LogP contribution is -2.20. The maximum absolute atomic E-state index is 9.20. The van der Waals surface area contributed by atoms with E-state index in [1.807, 2.05) is 27.7 Å². The van der Waals surface area contributed by atoms with E-state index in [2.05, 4.69) is 0 Å². The van der Waals surface area contributed by atoms with Gasteiger partial charge in [0, 0.05) is 0 Å². The van der Waals surface area contributed by atoms with Gasteiger partial charge in [-0.2, -0.15) is 0 Å². The minimum atomic E-state index is -0.130. The average Bonchev–Trinajstić information content (AvgIpc) is 1.64. The molecule has 0 aliphatic rings. The summed E-state index contributed by atoms with van der Waals surface area (Å²) in [6, 6.07) is 0. The largest absolute Gasteiger partial charge is 0.393 e. The first-order valence-electron chi connectivity index (χ1n) is 3.23. The van der Waals surface area contributed by atoms with Crippen LogP contribution >= 0.6 is 0 Å². The van der Waals surface area contributed by atoms with E-state index in [4.69, 9.17) is 0 Å². The van der Waals surface area contributed by atoms with Gasteiger partial charge in [-0.3, -0.25) is 0 Å². The van der Waals surface area contributed by atoms with Crippen LogP contribution in [0.5, 0.6) is 0 Å². The van der Waals surface area contributed by atoms with Gasteiger partial charge in [-0.15, -0.1) is 0 Å². The Bertz CT molecular complexity index is 53.9. The highest BCUT2D eigenvalue weighted by atomic mass is 27.0. The third-order valence-electron chi connectivity index (χ3n) is 1.37. The van der Waals surface area contributed by atoms with Crippen LogP contribution in [0, 0.1) is 11.8 Å². The van der Waals surface area contributed by atoms with Crippen molar-refractivity contribution in [3.63, 3.8) is 0 Å². The molecule has 1 nitrogen and oxygen atoms in total. The molecule has 0 saturated heterocycles. The summed E-state index contributed by atoms with van der Waals surface area (Å²) in [5.74, 6) is 0.796. The van der Waals surface area contributed by atoms with Gasteiger partial charge in [0.2, 0.25) is 0 Å². The van der Waals surface area contributed by atoms with E-state index in [-0.39, 0.29) is 23.5 Å². The number of hydrogen-bond acceptors (Lipinski definition) is 1. The van der Waals surface area contributed by atoms with Gasteiger partial charge in [-0.1, -0.05) is 27.7 Å². The van der Waals surface area contributed by atoms with Gasteiger partial charge in [-0.25, -0.2) is 0 Å². The van der Waals surface area contributed by atoms with Crippen LogP contribution < -0.4 is 0 Å². The summed E-state index contributed by atoms with van der Waals surface area (Å²) in [4.78, 5) is 0. The molecule has 0 spiro atoms. The number of hydrogen-bond donors (Lipinski definition) is 1. The van der Waals surface area contributed by atoms with Crippen molar-refractivity contribution in [2.45, 2.75) is 33.8 Å². The van der Waals surface area contributed by atoms with Crippen LogP contribution in [0.15, 0.2) is 0 Å². The number of rotatable bonds is 2. The van der Waals surface area contributed by atoms with Gasteiger partial charge in [-0.05, 0) is 11.8 Å². The molecule has 0 unspecified atom stereocenters. The van der Waals surface area contributed by atoms with E-state index in [0.717, 1.165) is 0 Å². The molecule has 0 saturated carbocycles. The van der Waals surface area contributed by atoms with E-state index >= 15 is 0 Å². The van der Waals surface area contributed by atoms with Crippen molar-refractivity contribution in [1.82, 2.24) is 0 Å². The molecule has 0 bridgehead atoms. The highest BCUT2D eigenvalue weighted by Crippen LogP contribution is 2.10. The summed E-state index contributed by atoms with van der Waals surface area (Å²) < 4.78 is 0. The average molecular weight is 146 g/mol. The molecule has 0 atom stereocenters. The monoisotopic (exact) mass is 146 g/mol. The topological polar surface area (TPSA) is 20.2 Å². The number of aliphatic hydroxyl groups is 1. The standard InChI is InChI=1S/C7H16O.Al.3H/c1-5(2)7(8)6(3)4;;;;/h5-8H,1-4H3;;;;. The van der Waals surface area contributed by atoms with Crippen LogP contribution in [0.2, 0.25) is 0 Å². The molecular weight excluding hydrogens is 127 g/mol. The Morgan fingerprint density at radius 2 is 1.11 bits per heavy atom. The van der Waals surface area contributed by atoms with Gasteiger partial charge in [0.05, 0.1) is 6.10 Å². The van der Waals surface area contributed by atoms with Gasteiger partial charge in [0.25, 0.3) is 0 Å². The molecule has 0 heterocycles. The van der Waals surface area contributed by atoms with Crippen LogP contribution in [-0.4, -0.2) is 28.6 Å². The molecule has 0 aromatic rings. The van der Waals surface area contributed by atoms with Crippen molar-refractivity contribution in [3.05, 3.63) is 0 Å². The van der Waals surface area contributed by atoms with E-state index in [1.165, 1.54) is 0 Å². The van der Waals surface area contributed by atoms with Gasteiger partial charge < -0.3 is 5.11 Å². The van der Waals surface area contributed by atoms with Crippen molar-refractivity contribution in [1.29, 1.82) is 0 Å². The van der Waals surface area contributed by atoms with E-state index in [1.54, 1.807) is 0 Å². The van der Waals surface area contributed by atoms with Crippen LogP contribution in [0.3, 0.4) is 0 Å². The van der Waals surface area contributed by atoms with Crippen LogP contribution in [0.1, 0.15) is 27.7 Å². The number of aliphatic hydroxyl groups excluding tert-OH is 1. The van der Waals surface area contributed by atoms with E-state index in [0.29, 0.717) is 11.8 Å². The quantitative estimate of drug-likeness (QED) is 0.562. The summed E-state index contributed by atoms with van der Waals surface area (Å²) in [6.07, 6.45) is -0.130. The minimum absolute atomic E-state index is 0. The maximum Gasteiger partial charge on any atom is 0.187 e. The van der Waals surface area contributed by atoms with Crippen LogP contribution in [-0.2, 0) is 0 Å². The van der Waals surface area contributed by atoms with Gasteiger partial charge in [0.1, 0.15) is 0 Å². The Hall–Kier alpha value is 0.492. The molecule has 0 aliphatic carbocycles. The highest BCUT2D eigenvalue weighted by molar-refractivity contribution is 5.75. The molecule has 9 heavy (non-hydrogen) atoms. The molecule has 1 N–H and O–H groups in total. The van der Waals surface area contributed by atoms with Gasteiger partial charge in [0.15, 0.2) is 17.4 Å². The van der Waals surface area contributed by atoms with Crippen molar-refractivity contribution < 1.29 is 5.11 Å². The Labute approximate surface area is 68.6 Å². The fourth-order valence-corrected chi connectivity index (χ4v) is 0.770. The molecule has 0 aromatic heterocycles. The molecule has 0 fully saturated rings. The zero-order valence-electron chi connectivity index (χ0n) is 6.18. The Morgan fingerprint density at radius 1 is 0.889 bits per heavy atom. The van der Waals surface area contributed by atoms with E-state index in [9.17, 15) is 5.11 Å². The van der Waals surface area contributed by atoms with Crippen molar-refractivity contribution in [3.8, 4) is 0 Å². The lowest BCUT2D eigenvalue weighted by atomic mass is 9.97. The third-order valence-corrected chi connectivity index (χ3v) is 1.37. The van der Waals surface area contributed by atoms with Crippen molar-refractivity contribution in [2.24, 2.45) is 11.8 Å². The Morgan fingerprint density at radius 3 is 1.11 bits per heavy atom. The third kappa shape index (κ3) is 4.96. The molecule has 0 aromatic carbocycles. The summed E-state index contributed by atoms with van der Waals surface area (Å²) in [6.45, 7) is 8.13.